The van der Waals surface area contributed by atoms with Crippen molar-refractivity contribution in [3.05, 3.63) is 83.6 Å². The van der Waals surface area contributed by atoms with Crippen LogP contribution < -0.4 is 4.74 Å². The summed E-state index contributed by atoms with van der Waals surface area (Å²) in [6.07, 6.45) is -0.646. The molecule has 1 aliphatic heterocycles. The second-order valence-electron chi connectivity index (χ2n) is 10.1. The van der Waals surface area contributed by atoms with Gasteiger partial charge in [0.15, 0.2) is 11.2 Å². The number of aryl methyl sites for hydroxylation is 2. The minimum Gasteiger partial charge on any atom is -0.491 e. The predicted molar refractivity (Wildman–Crippen MR) is 135 cm³/mol. The topological polar surface area (TPSA) is 123 Å². The Labute approximate surface area is 222 Å². The third kappa shape index (κ3) is 4.26. The van der Waals surface area contributed by atoms with Crippen molar-refractivity contribution >= 4 is 11.2 Å². The lowest BCUT2D eigenvalue weighted by Crippen LogP contribution is -2.44. The Kier molecular flexibility index (Phi) is 6.34. The highest BCUT2D eigenvalue weighted by Gasteiger charge is 2.64. The van der Waals surface area contributed by atoms with E-state index in [0.29, 0.717) is 28.9 Å². The van der Waals surface area contributed by atoms with Crippen LogP contribution in [0.25, 0.3) is 11.2 Å². The van der Waals surface area contributed by atoms with Crippen LogP contribution in [0.4, 0.5) is 8.78 Å². The summed E-state index contributed by atoms with van der Waals surface area (Å²) in [6.45, 7) is 1.92. The highest BCUT2D eigenvalue weighted by atomic mass is 19.3. The van der Waals surface area contributed by atoms with Gasteiger partial charge in [-0.3, -0.25) is 4.57 Å². The maximum Gasteiger partial charge on any atom is 0.309 e. The van der Waals surface area contributed by atoms with Gasteiger partial charge < -0.3 is 24.8 Å². The number of aromatic nitrogens is 4. The van der Waals surface area contributed by atoms with E-state index in [9.17, 15) is 24.1 Å². The number of alkyl halides is 2. The Morgan fingerprint density at radius 2 is 1.92 bits per heavy atom. The SMILES string of the molecule is Cc1ncnc2c1ncn2[C@H]1C[C@H](O)[C@@H](COc2cccc(CC[C@]3(O)c4ccccc4C(O)C3(F)F)c2)O1. The van der Waals surface area contributed by atoms with Crippen LogP contribution in [-0.2, 0) is 16.8 Å². The Morgan fingerprint density at radius 1 is 1.10 bits per heavy atom. The van der Waals surface area contributed by atoms with Crippen LogP contribution in [-0.4, -0.2) is 59.6 Å². The first-order valence-electron chi connectivity index (χ1n) is 12.8. The van der Waals surface area contributed by atoms with Gasteiger partial charge in [0.05, 0.1) is 18.1 Å². The number of hydrogen-bond acceptors (Lipinski definition) is 8. The quantitative estimate of drug-likeness (QED) is 0.328. The van der Waals surface area contributed by atoms with Crippen molar-refractivity contribution in [3.8, 4) is 5.75 Å². The zero-order valence-electron chi connectivity index (χ0n) is 21.1. The highest BCUT2D eigenvalue weighted by Crippen LogP contribution is 2.56. The smallest absolute Gasteiger partial charge is 0.309 e. The van der Waals surface area contributed by atoms with Crippen molar-refractivity contribution in [2.45, 2.75) is 62.2 Å². The minimum absolute atomic E-state index is 0.0433. The maximum atomic E-state index is 15.0. The first-order valence-corrected chi connectivity index (χ1v) is 12.8. The van der Waals surface area contributed by atoms with Crippen LogP contribution in [0, 0.1) is 6.92 Å². The number of halogens is 2. The number of aliphatic hydroxyl groups is 3. The number of rotatable bonds is 7. The lowest BCUT2D eigenvalue weighted by Gasteiger charge is -2.32. The van der Waals surface area contributed by atoms with E-state index < -0.39 is 36.1 Å². The molecular formula is C28H28F2N4O5. The van der Waals surface area contributed by atoms with Gasteiger partial charge in [0.25, 0.3) is 0 Å². The summed E-state index contributed by atoms with van der Waals surface area (Å²) < 4.78 is 43.6. The molecule has 5 atom stereocenters. The third-order valence-corrected chi connectivity index (χ3v) is 7.74. The molecule has 11 heteroatoms. The monoisotopic (exact) mass is 538 g/mol. The fraction of sp³-hybridized carbons (Fsp3) is 0.393. The van der Waals surface area contributed by atoms with Crippen LogP contribution in [0.2, 0.25) is 0 Å². The summed E-state index contributed by atoms with van der Waals surface area (Å²) in [6, 6.07) is 12.9. The van der Waals surface area contributed by atoms with Gasteiger partial charge in [0.2, 0.25) is 0 Å². The molecule has 0 bridgehead atoms. The summed E-state index contributed by atoms with van der Waals surface area (Å²) in [5, 5.41) is 31.8. The number of aliphatic hydroxyl groups excluding tert-OH is 2. The Hall–Kier alpha value is -3.51. The van der Waals surface area contributed by atoms with Gasteiger partial charge in [-0.1, -0.05) is 36.4 Å². The maximum absolute atomic E-state index is 15.0. The molecule has 39 heavy (non-hydrogen) atoms. The summed E-state index contributed by atoms with van der Waals surface area (Å²) in [7, 11) is 0. The molecule has 1 saturated heterocycles. The summed E-state index contributed by atoms with van der Waals surface area (Å²) >= 11 is 0. The zero-order valence-corrected chi connectivity index (χ0v) is 21.1. The molecule has 204 valence electrons. The fourth-order valence-electron chi connectivity index (χ4n) is 5.52. The van der Waals surface area contributed by atoms with Crippen molar-refractivity contribution in [2.24, 2.45) is 0 Å². The van der Waals surface area contributed by atoms with Crippen molar-refractivity contribution in [2.75, 3.05) is 6.61 Å². The number of hydrogen-bond donors (Lipinski definition) is 3. The van der Waals surface area contributed by atoms with Crippen LogP contribution >= 0.6 is 0 Å². The summed E-state index contributed by atoms with van der Waals surface area (Å²) in [4.78, 5) is 12.8. The van der Waals surface area contributed by atoms with Crippen LogP contribution in [0.5, 0.6) is 5.75 Å². The van der Waals surface area contributed by atoms with Crippen LogP contribution in [0.1, 0.15) is 47.6 Å². The largest absolute Gasteiger partial charge is 0.491 e. The molecule has 9 nitrogen and oxygen atoms in total. The normalized spacial score (nSPS) is 27.6. The van der Waals surface area contributed by atoms with Gasteiger partial charge >= 0.3 is 5.92 Å². The van der Waals surface area contributed by atoms with E-state index in [4.69, 9.17) is 9.47 Å². The zero-order chi connectivity index (χ0) is 27.4. The number of fused-ring (bicyclic) bond motifs is 2. The molecule has 0 saturated carbocycles. The van der Waals surface area contributed by atoms with E-state index in [1.807, 2.05) is 6.92 Å². The average molecular weight is 539 g/mol. The minimum atomic E-state index is -3.72. The molecule has 0 radical (unpaired) electrons. The van der Waals surface area contributed by atoms with Crippen LogP contribution in [0.3, 0.4) is 0 Å². The predicted octanol–water partition coefficient (Wildman–Crippen LogP) is 3.36. The third-order valence-electron chi connectivity index (χ3n) is 7.74. The van der Waals surface area contributed by atoms with E-state index in [0.717, 1.165) is 5.69 Å². The van der Waals surface area contributed by atoms with Gasteiger partial charge in [-0.25, -0.2) is 15.0 Å². The Bertz CT molecular complexity index is 1510. The van der Waals surface area contributed by atoms with Gasteiger partial charge in [-0.2, -0.15) is 8.78 Å². The molecule has 1 aliphatic carbocycles. The number of nitrogens with zero attached hydrogens (tertiary/aromatic N) is 4. The lowest BCUT2D eigenvalue weighted by molar-refractivity contribution is -0.226. The Balaban J connectivity index is 1.11. The lowest BCUT2D eigenvalue weighted by atomic mass is 9.86. The standard InChI is InChI=1S/C28H28F2N4O5/c1-16-24-26(32-14-31-16)34(15-33-24)23-12-21(35)22(39-23)13-38-18-6-4-5-17(11-18)9-10-27(37)20-8-3-2-7-19(20)25(36)28(27,29)30/h2-8,11,14-15,21-23,25,35-37H,9-10,12-13H2,1H3/t21-,22+,23+,25?,27-/m0/s1. The molecule has 0 spiro atoms. The highest BCUT2D eigenvalue weighted by molar-refractivity contribution is 5.72. The molecule has 3 heterocycles. The molecule has 3 N–H and O–H groups in total. The first kappa shape index (κ1) is 25.8. The van der Waals surface area contributed by atoms with Crippen LogP contribution in [0.15, 0.2) is 61.2 Å². The van der Waals surface area contributed by atoms with Gasteiger partial charge in [-0.05, 0) is 48.6 Å². The molecular weight excluding hydrogens is 510 g/mol. The molecule has 1 fully saturated rings. The van der Waals surface area contributed by atoms with Crippen molar-refractivity contribution < 1.29 is 33.6 Å². The molecule has 1 unspecified atom stereocenters. The van der Waals surface area contributed by atoms with Crippen molar-refractivity contribution in [3.63, 3.8) is 0 Å². The molecule has 2 aromatic carbocycles. The second-order valence-corrected chi connectivity index (χ2v) is 10.1. The van der Waals surface area contributed by atoms with Crippen molar-refractivity contribution in [1.82, 2.24) is 19.5 Å². The second kappa shape index (κ2) is 9.60. The van der Waals surface area contributed by atoms with Crippen molar-refractivity contribution in [1.29, 1.82) is 0 Å². The molecule has 2 aromatic heterocycles. The number of ether oxygens (including phenoxy) is 2. The van der Waals surface area contributed by atoms with E-state index in [1.165, 1.54) is 18.5 Å². The summed E-state index contributed by atoms with van der Waals surface area (Å²) in [5.41, 5.74) is 0.328. The van der Waals surface area contributed by atoms with E-state index in [1.54, 1.807) is 47.3 Å². The van der Waals surface area contributed by atoms with E-state index in [2.05, 4.69) is 15.0 Å². The molecule has 2 aliphatic rings. The number of benzene rings is 2. The molecule has 4 aromatic rings. The molecule has 6 rings (SSSR count). The van der Waals surface area contributed by atoms with Gasteiger partial charge in [-0.15, -0.1) is 0 Å². The van der Waals surface area contributed by atoms with Gasteiger partial charge in [0.1, 0.15) is 42.6 Å². The Morgan fingerprint density at radius 3 is 2.77 bits per heavy atom. The fourth-order valence-corrected chi connectivity index (χ4v) is 5.52. The molecule has 0 amide bonds. The van der Waals surface area contributed by atoms with E-state index in [-0.39, 0.29) is 30.6 Å². The van der Waals surface area contributed by atoms with E-state index >= 15 is 0 Å². The average Bonchev–Trinajstić information content (AvgIpc) is 3.57. The number of imidazole rings is 1. The van der Waals surface area contributed by atoms with Gasteiger partial charge in [0, 0.05) is 6.42 Å². The first-order chi connectivity index (χ1) is 18.7. The summed E-state index contributed by atoms with van der Waals surface area (Å²) in [5.74, 6) is -3.24.